The fourth-order valence-electron chi connectivity index (χ4n) is 2.08. The number of thioether (sulfide) groups is 1. The molecule has 0 saturated carbocycles. The van der Waals surface area contributed by atoms with Crippen LogP contribution in [0.4, 0.5) is 11.6 Å². The molecule has 1 aromatic heterocycles. The molecule has 1 unspecified atom stereocenters. The number of nitrogens with zero attached hydrogens (tertiary/aromatic N) is 2. The summed E-state index contributed by atoms with van der Waals surface area (Å²) in [6.45, 7) is 11.7. The van der Waals surface area contributed by atoms with E-state index in [4.69, 9.17) is 0 Å². The van der Waals surface area contributed by atoms with Crippen molar-refractivity contribution in [1.29, 1.82) is 0 Å². The van der Waals surface area contributed by atoms with E-state index in [2.05, 4.69) is 55.2 Å². The van der Waals surface area contributed by atoms with Gasteiger partial charge in [-0.2, -0.15) is 11.8 Å². The minimum atomic E-state index is 0.393. The minimum absolute atomic E-state index is 0.393. The van der Waals surface area contributed by atoms with Gasteiger partial charge in [-0.15, -0.1) is 0 Å². The van der Waals surface area contributed by atoms with Crippen LogP contribution in [-0.4, -0.2) is 34.1 Å². The second-order valence-electron chi connectivity index (χ2n) is 5.20. The molecule has 0 spiro atoms. The maximum Gasteiger partial charge on any atom is 0.135 e. The minimum Gasteiger partial charge on any atom is -0.370 e. The van der Waals surface area contributed by atoms with Crippen LogP contribution in [-0.2, 0) is 0 Å². The molecule has 2 N–H and O–H groups in total. The third kappa shape index (κ3) is 5.19. The molecule has 0 saturated heterocycles. The first-order valence-electron chi connectivity index (χ1n) is 7.53. The van der Waals surface area contributed by atoms with Crippen molar-refractivity contribution >= 4 is 23.4 Å². The predicted molar refractivity (Wildman–Crippen MR) is 91.0 cm³/mol. The van der Waals surface area contributed by atoms with E-state index < -0.39 is 0 Å². The molecule has 0 aromatic carbocycles. The largest absolute Gasteiger partial charge is 0.370 e. The van der Waals surface area contributed by atoms with Crippen molar-refractivity contribution in [2.24, 2.45) is 0 Å². The molecule has 0 amide bonds. The van der Waals surface area contributed by atoms with Crippen molar-refractivity contribution in [2.75, 3.05) is 28.7 Å². The van der Waals surface area contributed by atoms with Gasteiger partial charge >= 0.3 is 0 Å². The number of nitrogens with one attached hydrogen (secondary N) is 2. The monoisotopic (exact) mass is 296 g/mol. The topological polar surface area (TPSA) is 49.8 Å². The lowest BCUT2D eigenvalue weighted by Crippen LogP contribution is -2.19. The molecule has 0 radical (unpaired) electrons. The first-order chi connectivity index (χ1) is 9.60. The van der Waals surface area contributed by atoms with Gasteiger partial charge in [-0.25, -0.2) is 9.97 Å². The molecule has 4 nitrogen and oxygen atoms in total. The van der Waals surface area contributed by atoms with Gasteiger partial charge in [0.15, 0.2) is 0 Å². The van der Waals surface area contributed by atoms with E-state index in [0.717, 1.165) is 24.6 Å². The van der Waals surface area contributed by atoms with Crippen molar-refractivity contribution in [1.82, 2.24) is 9.97 Å². The van der Waals surface area contributed by atoms with Crippen molar-refractivity contribution in [3.05, 3.63) is 11.9 Å². The zero-order valence-corrected chi connectivity index (χ0v) is 14.2. The first kappa shape index (κ1) is 17.1. The van der Waals surface area contributed by atoms with E-state index in [1.54, 1.807) is 6.33 Å². The van der Waals surface area contributed by atoms with Crippen molar-refractivity contribution < 1.29 is 0 Å². The van der Waals surface area contributed by atoms with Crippen LogP contribution in [0.25, 0.3) is 0 Å². The van der Waals surface area contributed by atoms with Crippen LogP contribution in [0.5, 0.6) is 0 Å². The van der Waals surface area contributed by atoms with E-state index in [9.17, 15) is 0 Å². The molecule has 0 fully saturated rings. The number of aromatic nitrogens is 2. The molecule has 1 atom stereocenters. The van der Waals surface area contributed by atoms with Gasteiger partial charge in [-0.3, -0.25) is 0 Å². The Morgan fingerprint density at radius 2 is 1.85 bits per heavy atom. The Morgan fingerprint density at radius 3 is 2.45 bits per heavy atom. The fourth-order valence-corrected chi connectivity index (χ4v) is 2.88. The predicted octanol–water partition coefficient (Wildman–Crippen LogP) is 3.98. The molecule has 5 heteroatoms. The molecular formula is C15H28N4S. The SMILES string of the molecule is CCNc1ncnc(NC(C)CCSCC)c1C(C)C. The van der Waals surface area contributed by atoms with Crippen LogP contribution in [0.2, 0.25) is 0 Å². The smallest absolute Gasteiger partial charge is 0.135 e. The summed E-state index contributed by atoms with van der Waals surface area (Å²) in [5, 5.41) is 6.87. The van der Waals surface area contributed by atoms with Gasteiger partial charge in [-0.05, 0) is 37.7 Å². The quantitative estimate of drug-likeness (QED) is 0.675. The highest BCUT2D eigenvalue weighted by Gasteiger charge is 2.15. The highest BCUT2D eigenvalue weighted by atomic mass is 32.2. The van der Waals surface area contributed by atoms with Crippen LogP contribution in [0.1, 0.15) is 52.5 Å². The molecule has 0 aliphatic carbocycles. The molecular weight excluding hydrogens is 268 g/mol. The Balaban J connectivity index is 2.80. The number of rotatable bonds is 9. The molecule has 114 valence electrons. The average Bonchev–Trinajstić information content (AvgIpc) is 2.39. The summed E-state index contributed by atoms with van der Waals surface area (Å²) in [5.74, 6) is 4.69. The number of hydrogen-bond acceptors (Lipinski definition) is 5. The Bertz CT molecular complexity index is 395. The molecule has 0 aliphatic heterocycles. The van der Waals surface area contributed by atoms with Gasteiger partial charge in [0, 0.05) is 18.2 Å². The van der Waals surface area contributed by atoms with Crippen LogP contribution >= 0.6 is 11.8 Å². The second-order valence-corrected chi connectivity index (χ2v) is 6.59. The summed E-state index contributed by atoms with van der Waals surface area (Å²) in [5.41, 5.74) is 1.18. The maximum atomic E-state index is 4.44. The molecule has 0 bridgehead atoms. The number of anilines is 2. The van der Waals surface area contributed by atoms with Gasteiger partial charge in [0.1, 0.15) is 18.0 Å². The molecule has 1 heterocycles. The summed E-state index contributed by atoms with van der Waals surface area (Å²) in [4.78, 5) is 8.81. The lowest BCUT2D eigenvalue weighted by atomic mass is 10.0. The average molecular weight is 296 g/mol. The molecule has 20 heavy (non-hydrogen) atoms. The van der Waals surface area contributed by atoms with Crippen molar-refractivity contribution in [3.63, 3.8) is 0 Å². The van der Waals surface area contributed by atoms with Crippen LogP contribution in [0.3, 0.4) is 0 Å². The third-order valence-electron chi connectivity index (χ3n) is 3.09. The van der Waals surface area contributed by atoms with Crippen LogP contribution < -0.4 is 10.6 Å². The lowest BCUT2D eigenvalue weighted by molar-refractivity contribution is 0.754. The van der Waals surface area contributed by atoms with Gasteiger partial charge in [-0.1, -0.05) is 20.8 Å². The Labute approximate surface area is 127 Å². The molecule has 1 aromatic rings. The third-order valence-corrected chi connectivity index (χ3v) is 4.02. The second kappa shape index (κ2) is 9.06. The molecule has 0 aliphatic rings. The zero-order chi connectivity index (χ0) is 15.0. The summed E-state index contributed by atoms with van der Waals surface area (Å²) >= 11 is 1.98. The summed E-state index contributed by atoms with van der Waals surface area (Å²) in [7, 11) is 0. The summed E-state index contributed by atoms with van der Waals surface area (Å²) < 4.78 is 0. The maximum absolute atomic E-state index is 4.44. The number of hydrogen-bond donors (Lipinski definition) is 2. The van der Waals surface area contributed by atoms with Crippen LogP contribution in [0.15, 0.2) is 6.33 Å². The van der Waals surface area contributed by atoms with E-state index >= 15 is 0 Å². The van der Waals surface area contributed by atoms with Crippen molar-refractivity contribution in [3.8, 4) is 0 Å². The van der Waals surface area contributed by atoms with E-state index in [1.165, 1.54) is 17.1 Å². The molecule has 1 rings (SSSR count). The lowest BCUT2D eigenvalue weighted by Gasteiger charge is -2.20. The first-order valence-corrected chi connectivity index (χ1v) is 8.68. The van der Waals surface area contributed by atoms with Crippen molar-refractivity contribution in [2.45, 2.75) is 53.0 Å². The van der Waals surface area contributed by atoms with Gasteiger partial charge < -0.3 is 10.6 Å². The van der Waals surface area contributed by atoms with E-state index in [1.807, 2.05) is 11.8 Å². The van der Waals surface area contributed by atoms with Gasteiger partial charge in [0.25, 0.3) is 0 Å². The van der Waals surface area contributed by atoms with Gasteiger partial charge in [0.05, 0.1) is 0 Å². The van der Waals surface area contributed by atoms with Crippen LogP contribution in [0, 0.1) is 0 Å². The van der Waals surface area contributed by atoms with E-state index in [-0.39, 0.29) is 0 Å². The zero-order valence-electron chi connectivity index (χ0n) is 13.4. The normalized spacial score (nSPS) is 12.5. The van der Waals surface area contributed by atoms with E-state index in [0.29, 0.717) is 12.0 Å². The highest BCUT2D eigenvalue weighted by molar-refractivity contribution is 7.99. The Kier molecular flexibility index (Phi) is 7.73. The summed E-state index contributed by atoms with van der Waals surface area (Å²) in [6.07, 6.45) is 2.79. The Morgan fingerprint density at radius 1 is 1.15 bits per heavy atom. The fraction of sp³-hybridized carbons (Fsp3) is 0.733. The highest BCUT2D eigenvalue weighted by Crippen LogP contribution is 2.28. The Hall–Kier alpha value is -0.970. The van der Waals surface area contributed by atoms with Gasteiger partial charge in [0.2, 0.25) is 0 Å². The summed E-state index contributed by atoms with van der Waals surface area (Å²) in [6, 6.07) is 0.427. The standard InChI is InChI=1S/C15H28N4S/c1-6-16-14-13(11(3)4)15(18-10-17-14)19-12(5)8-9-20-7-2/h10-12H,6-9H2,1-5H3,(H2,16,17,18,19).